The smallest absolute Gasteiger partial charge is 0.261 e. The molecule has 1 amide bonds. The van der Waals surface area contributed by atoms with Gasteiger partial charge in [-0.25, -0.2) is 9.97 Å². The first-order chi connectivity index (χ1) is 14.0. The summed E-state index contributed by atoms with van der Waals surface area (Å²) in [6, 6.07) is 13.5. The standard InChI is InChI=1S/C21H18N4O2S2/c1-13-4-3-5-16-19(13)22-12-25(20(16)27)10-18(26)24-21-23-17(11-29-21)14-6-8-15(28-2)9-7-14/h3-9,11-12H,10H2,1-2H3,(H,23,24,26). The number of benzene rings is 2. The lowest BCUT2D eigenvalue weighted by Gasteiger charge is -2.07. The highest BCUT2D eigenvalue weighted by atomic mass is 32.2. The van der Waals surface area contributed by atoms with Crippen LogP contribution < -0.4 is 10.9 Å². The zero-order valence-electron chi connectivity index (χ0n) is 15.9. The van der Waals surface area contributed by atoms with Crippen molar-refractivity contribution in [1.29, 1.82) is 0 Å². The van der Waals surface area contributed by atoms with Crippen molar-refractivity contribution in [3.8, 4) is 11.3 Å². The van der Waals surface area contributed by atoms with Crippen molar-refractivity contribution >= 4 is 45.0 Å². The molecule has 2 aromatic carbocycles. The number of nitrogens with one attached hydrogen (secondary N) is 1. The molecule has 6 nitrogen and oxygen atoms in total. The van der Waals surface area contributed by atoms with Crippen molar-refractivity contribution in [2.75, 3.05) is 11.6 Å². The molecule has 0 aliphatic rings. The number of fused-ring (bicyclic) bond motifs is 1. The number of thiazole rings is 1. The Kier molecular flexibility index (Phi) is 5.46. The summed E-state index contributed by atoms with van der Waals surface area (Å²) in [6.07, 6.45) is 3.45. The maximum atomic E-state index is 12.6. The van der Waals surface area contributed by atoms with E-state index < -0.39 is 0 Å². The number of rotatable bonds is 5. The largest absolute Gasteiger partial charge is 0.300 e. The summed E-state index contributed by atoms with van der Waals surface area (Å²) in [5.74, 6) is -0.320. The third-order valence-corrected chi connectivity index (χ3v) is 6.01. The Morgan fingerprint density at radius 2 is 2.00 bits per heavy atom. The number of amides is 1. The second-order valence-electron chi connectivity index (χ2n) is 6.46. The Balaban J connectivity index is 1.49. The van der Waals surface area contributed by atoms with Crippen LogP contribution in [0.4, 0.5) is 5.13 Å². The van der Waals surface area contributed by atoms with Gasteiger partial charge < -0.3 is 5.32 Å². The zero-order valence-corrected chi connectivity index (χ0v) is 17.5. The third-order valence-electron chi connectivity index (χ3n) is 4.51. The first-order valence-corrected chi connectivity index (χ1v) is 11.0. The van der Waals surface area contributed by atoms with Crippen molar-refractivity contribution < 1.29 is 4.79 Å². The fourth-order valence-corrected chi connectivity index (χ4v) is 4.13. The van der Waals surface area contributed by atoms with Gasteiger partial charge in [-0.3, -0.25) is 14.2 Å². The van der Waals surface area contributed by atoms with E-state index in [4.69, 9.17) is 0 Å². The molecule has 4 rings (SSSR count). The van der Waals surface area contributed by atoms with Gasteiger partial charge in [-0.2, -0.15) is 0 Å². The van der Waals surface area contributed by atoms with Gasteiger partial charge in [0, 0.05) is 15.8 Å². The predicted octanol–water partition coefficient (Wildman–Crippen LogP) is 4.19. The first kappa shape index (κ1) is 19.4. The average molecular weight is 423 g/mol. The topological polar surface area (TPSA) is 76.9 Å². The molecule has 0 bridgehead atoms. The van der Waals surface area contributed by atoms with Gasteiger partial charge in [0.05, 0.1) is 22.9 Å². The molecule has 0 radical (unpaired) electrons. The number of carbonyl (C=O) groups is 1. The van der Waals surface area contributed by atoms with E-state index in [0.29, 0.717) is 16.0 Å². The summed E-state index contributed by atoms with van der Waals surface area (Å²) >= 11 is 3.03. The van der Waals surface area contributed by atoms with Crippen LogP contribution in [0.25, 0.3) is 22.2 Å². The average Bonchev–Trinajstić information content (AvgIpc) is 3.19. The van der Waals surface area contributed by atoms with E-state index in [1.165, 1.54) is 27.1 Å². The molecule has 2 heterocycles. The lowest BCUT2D eigenvalue weighted by molar-refractivity contribution is -0.116. The molecule has 0 aliphatic heterocycles. The van der Waals surface area contributed by atoms with E-state index in [1.807, 2.05) is 55.0 Å². The second-order valence-corrected chi connectivity index (χ2v) is 8.20. The lowest BCUT2D eigenvalue weighted by atomic mass is 10.1. The maximum Gasteiger partial charge on any atom is 0.261 e. The second kappa shape index (κ2) is 8.18. The Morgan fingerprint density at radius 3 is 2.76 bits per heavy atom. The summed E-state index contributed by atoms with van der Waals surface area (Å²) < 4.78 is 1.31. The molecule has 29 heavy (non-hydrogen) atoms. The van der Waals surface area contributed by atoms with Gasteiger partial charge in [0.2, 0.25) is 5.91 Å². The monoisotopic (exact) mass is 422 g/mol. The minimum atomic E-state index is -0.320. The summed E-state index contributed by atoms with van der Waals surface area (Å²) in [5, 5.41) is 5.67. The number of hydrogen-bond donors (Lipinski definition) is 1. The molecule has 0 saturated heterocycles. The highest BCUT2D eigenvalue weighted by Gasteiger charge is 2.12. The van der Waals surface area contributed by atoms with E-state index >= 15 is 0 Å². The number of hydrogen-bond acceptors (Lipinski definition) is 6. The van der Waals surface area contributed by atoms with Gasteiger partial charge in [0.1, 0.15) is 6.54 Å². The number of aromatic nitrogens is 3. The number of carbonyl (C=O) groups excluding carboxylic acids is 1. The molecule has 0 spiro atoms. The number of nitrogens with zero attached hydrogens (tertiary/aromatic N) is 3. The summed E-state index contributed by atoms with van der Waals surface area (Å²) in [7, 11) is 0. The van der Waals surface area contributed by atoms with Crippen LogP contribution in [0.3, 0.4) is 0 Å². The number of aryl methyl sites for hydroxylation is 1. The van der Waals surface area contributed by atoms with Gasteiger partial charge >= 0.3 is 0 Å². The van der Waals surface area contributed by atoms with Gasteiger partial charge in [0.15, 0.2) is 5.13 Å². The Hall–Kier alpha value is -2.97. The molecular weight excluding hydrogens is 404 g/mol. The minimum Gasteiger partial charge on any atom is -0.300 e. The predicted molar refractivity (Wildman–Crippen MR) is 119 cm³/mol. The molecule has 2 aromatic heterocycles. The summed E-state index contributed by atoms with van der Waals surface area (Å²) in [5.41, 5.74) is 3.15. The zero-order chi connectivity index (χ0) is 20.4. The normalized spacial score (nSPS) is 11.0. The van der Waals surface area contributed by atoms with E-state index in [0.717, 1.165) is 16.8 Å². The molecule has 146 valence electrons. The van der Waals surface area contributed by atoms with Crippen LogP contribution in [0.5, 0.6) is 0 Å². The third kappa shape index (κ3) is 4.08. The molecular formula is C21H18N4O2S2. The van der Waals surface area contributed by atoms with Crippen LogP contribution >= 0.6 is 23.1 Å². The summed E-state index contributed by atoms with van der Waals surface area (Å²) in [4.78, 5) is 35.1. The molecule has 8 heteroatoms. The highest BCUT2D eigenvalue weighted by Crippen LogP contribution is 2.26. The quantitative estimate of drug-likeness (QED) is 0.488. The van der Waals surface area contributed by atoms with Crippen molar-refractivity contribution in [3.63, 3.8) is 0 Å². The van der Waals surface area contributed by atoms with Crippen LogP contribution in [-0.4, -0.2) is 26.7 Å². The molecule has 1 N–H and O–H groups in total. The van der Waals surface area contributed by atoms with Crippen LogP contribution in [0.15, 0.2) is 63.9 Å². The van der Waals surface area contributed by atoms with Crippen LogP contribution in [-0.2, 0) is 11.3 Å². The van der Waals surface area contributed by atoms with Crippen LogP contribution in [0.1, 0.15) is 5.56 Å². The molecule has 0 unspecified atom stereocenters. The molecule has 4 aromatic rings. The van der Waals surface area contributed by atoms with Gasteiger partial charge in [0.25, 0.3) is 5.56 Å². The van der Waals surface area contributed by atoms with E-state index in [-0.39, 0.29) is 18.0 Å². The highest BCUT2D eigenvalue weighted by molar-refractivity contribution is 7.98. The molecule has 0 fully saturated rings. The maximum absolute atomic E-state index is 12.6. The SMILES string of the molecule is CSc1ccc(-c2csc(NC(=O)Cn3cnc4c(C)cccc4c3=O)n2)cc1. The van der Waals surface area contributed by atoms with Crippen LogP contribution in [0, 0.1) is 6.92 Å². The molecule has 0 atom stereocenters. The summed E-state index contributed by atoms with van der Waals surface area (Å²) in [6.45, 7) is 1.79. The van der Waals surface area contributed by atoms with E-state index in [9.17, 15) is 9.59 Å². The number of para-hydroxylation sites is 1. The Bertz CT molecular complexity index is 1250. The molecule has 0 aliphatic carbocycles. The number of anilines is 1. The Morgan fingerprint density at radius 1 is 1.21 bits per heavy atom. The van der Waals surface area contributed by atoms with E-state index in [1.54, 1.807) is 17.8 Å². The van der Waals surface area contributed by atoms with Gasteiger partial charge in [-0.15, -0.1) is 23.1 Å². The lowest BCUT2D eigenvalue weighted by Crippen LogP contribution is -2.28. The fourth-order valence-electron chi connectivity index (χ4n) is 2.99. The number of thioether (sulfide) groups is 1. The van der Waals surface area contributed by atoms with Crippen molar-refractivity contribution in [1.82, 2.24) is 14.5 Å². The Labute approximate surface area is 175 Å². The van der Waals surface area contributed by atoms with E-state index in [2.05, 4.69) is 15.3 Å². The van der Waals surface area contributed by atoms with Crippen molar-refractivity contribution in [3.05, 3.63) is 70.1 Å². The van der Waals surface area contributed by atoms with Crippen LogP contribution in [0.2, 0.25) is 0 Å². The van der Waals surface area contributed by atoms with Crippen molar-refractivity contribution in [2.24, 2.45) is 0 Å². The fraction of sp³-hybridized carbons (Fsp3) is 0.143. The van der Waals surface area contributed by atoms with Gasteiger partial charge in [-0.05, 0) is 36.9 Å². The van der Waals surface area contributed by atoms with Gasteiger partial charge in [-0.1, -0.05) is 24.3 Å². The van der Waals surface area contributed by atoms with Crippen molar-refractivity contribution in [2.45, 2.75) is 18.4 Å². The minimum absolute atomic E-state index is 0.118. The first-order valence-electron chi connectivity index (χ1n) is 8.90. The molecule has 0 saturated carbocycles.